The van der Waals surface area contributed by atoms with Crippen LogP contribution in [0.25, 0.3) is 0 Å². The van der Waals surface area contributed by atoms with Gasteiger partial charge in [-0.1, -0.05) is 0 Å². The highest BCUT2D eigenvalue weighted by Gasteiger charge is 2.50. The van der Waals surface area contributed by atoms with Crippen LogP contribution in [0.15, 0.2) is 0 Å². The molecule has 4 nitrogen and oxygen atoms in total. The van der Waals surface area contributed by atoms with Crippen LogP contribution >= 0.6 is 0 Å². The van der Waals surface area contributed by atoms with E-state index in [0.717, 1.165) is 6.29 Å². The summed E-state index contributed by atoms with van der Waals surface area (Å²) in [6.07, 6.45) is 0.381. The first-order valence-electron chi connectivity index (χ1n) is 4.05. The Morgan fingerprint density at radius 1 is 1.50 bits per heavy atom. The van der Waals surface area contributed by atoms with Gasteiger partial charge in [0.05, 0.1) is 6.61 Å². The van der Waals surface area contributed by atoms with Crippen molar-refractivity contribution in [2.45, 2.75) is 37.9 Å². The number of carbonyl (C=O) groups excluding carboxylic acids is 1. The molecule has 68 valence electrons. The average molecular weight is 172 g/mol. The maximum absolute atomic E-state index is 10.3. The van der Waals surface area contributed by atoms with Gasteiger partial charge in [0.25, 0.3) is 0 Å². The zero-order valence-corrected chi connectivity index (χ0v) is 7.15. The first-order chi connectivity index (χ1) is 5.62. The Morgan fingerprint density at radius 3 is 2.67 bits per heavy atom. The van der Waals surface area contributed by atoms with Gasteiger partial charge in [0.15, 0.2) is 12.1 Å². The minimum absolute atomic E-state index is 0.0739. The summed E-state index contributed by atoms with van der Waals surface area (Å²) in [5.41, 5.74) is 0. The lowest BCUT2D eigenvalue weighted by molar-refractivity contribution is -0.140. The van der Waals surface area contributed by atoms with Crippen LogP contribution in [0.5, 0.6) is 0 Å². The van der Waals surface area contributed by atoms with Gasteiger partial charge >= 0.3 is 0 Å². The van der Waals surface area contributed by atoms with Gasteiger partial charge in [-0.3, -0.25) is 0 Å². The van der Waals surface area contributed by atoms with Crippen molar-refractivity contribution < 1.29 is 19.0 Å². The number of carbonyl (C=O) groups is 1. The number of rotatable bonds is 2. The van der Waals surface area contributed by atoms with E-state index >= 15 is 0 Å². The highest BCUT2D eigenvalue weighted by molar-refractivity contribution is 5.60. The Kier molecular flexibility index (Phi) is 1.71. The summed E-state index contributed by atoms with van der Waals surface area (Å²) in [6.45, 7) is 4.22. The van der Waals surface area contributed by atoms with Gasteiger partial charge in [0, 0.05) is 0 Å². The summed E-state index contributed by atoms with van der Waals surface area (Å²) in [4.78, 5) is 10.3. The third kappa shape index (κ3) is 1.37. The van der Waals surface area contributed by atoms with Crippen molar-refractivity contribution in [1.29, 1.82) is 0 Å². The highest BCUT2D eigenvalue weighted by atomic mass is 16.8. The molecule has 2 aliphatic rings. The predicted octanol–water partition coefficient (Wildman–Crippen LogP) is 0.104. The normalized spacial score (nSPS) is 44.3. The summed E-state index contributed by atoms with van der Waals surface area (Å²) in [6, 6.07) is 0. The lowest BCUT2D eigenvalue weighted by Gasteiger charge is -2.16. The fraction of sp³-hybridized carbons (Fsp3) is 0.875. The lowest BCUT2D eigenvalue weighted by atomic mass is 10.2. The molecule has 2 fully saturated rings. The summed E-state index contributed by atoms with van der Waals surface area (Å²) in [7, 11) is 0. The van der Waals surface area contributed by atoms with Crippen molar-refractivity contribution in [2.75, 3.05) is 6.61 Å². The number of aldehydes is 1. The van der Waals surface area contributed by atoms with Crippen LogP contribution < -0.4 is 0 Å². The maximum atomic E-state index is 10.3. The van der Waals surface area contributed by atoms with Crippen LogP contribution in [0, 0.1) is 0 Å². The molecule has 2 aliphatic heterocycles. The second-order valence-electron chi connectivity index (χ2n) is 3.57. The quantitative estimate of drug-likeness (QED) is 0.438. The number of epoxide rings is 1. The molecular weight excluding hydrogens is 160 g/mol. The third-order valence-electron chi connectivity index (χ3n) is 2.09. The fourth-order valence-electron chi connectivity index (χ4n) is 1.42. The van der Waals surface area contributed by atoms with E-state index in [1.54, 1.807) is 0 Å². The van der Waals surface area contributed by atoms with E-state index in [1.807, 2.05) is 13.8 Å². The monoisotopic (exact) mass is 172 g/mol. The minimum Gasteiger partial charge on any atom is -0.359 e. The molecule has 0 saturated carbocycles. The van der Waals surface area contributed by atoms with E-state index in [2.05, 4.69) is 0 Å². The molecule has 0 spiro atoms. The Morgan fingerprint density at radius 2 is 2.25 bits per heavy atom. The largest absolute Gasteiger partial charge is 0.359 e. The highest BCUT2D eigenvalue weighted by Crippen LogP contribution is 2.33. The molecule has 2 rings (SSSR count). The molecule has 0 N–H and O–H groups in total. The molecule has 2 saturated heterocycles. The van der Waals surface area contributed by atoms with Crippen LogP contribution in [-0.2, 0) is 19.0 Å². The molecule has 0 aromatic carbocycles. The molecule has 3 atom stereocenters. The van der Waals surface area contributed by atoms with Crippen LogP contribution in [0.2, 0.25) is 0 Å². The molecular formula is C8H12O4. The molecule has 0 aliphatic carbocycles. The minimum atomic E-state index is -0.524. The van der Waals surface area contributed by atoms with Crippen LogP contribution in [-0.4, -0.2) is 37.0 Å². The van der Waals surface area contributed by atoms with Crippen LogP contribution in [0.1, 0.15) is 13.8 Å². The summed E-state index contributed by atoms with van der Waals surface area (Å²) >= 11 is 0. The Balaban J connectivity index is 1.89. The second-order valence-corrected chi connectivity index (χ2v) is 3.57. The van der Waals surface area contributed by atoms with Gasteiger partial charge < -0.3 is 19.0 Å². The van der Waals surface area contributed by atoms with Gasteiger partial charge in [-0.05, 0) is 13.8 Å². The van der Waals surface area contributed by atoms with E-state index < -0.39 is 5.79 Å². The standard InChI is InChI=1S/C8H12O4/c1-8(2)10-4-6(12-8)7-5(3-9)11-7/h3,5-7H,4H2,1-2H3/t5-,6-,7-/m1/s1. The molecule has 12 heavy (non-hydrogen) atoms. The first kappa shape index (κ1) is 8.16. The molecule has 0 amide bonds. The van der Waals surface area contributed by atoms with Gasteiger partial charge in [-0.15, -0.1) is 0 Å². The van der Waals surface area contributed by atoms with E-state index in [1.165, 1.54) is 0 Å². The topological polar surface area (TPSA) is 48.1 Å². The number of ether oxygens (including phenoxy) is 3. The maximum Gasteiger partial charge on any atom is 0.163 e. The van der Waals surface area contributed by atoms with E-state index in [0.29, 0.717) is 6.61 Å². The molecule has 0 radical (unpaired) electrons. The third-order valence-corrected chi connectivity index (χ3v) is 2.09. The van der Waals surface area contributed by atoms with E-state index in [4.69, 9.17) is 14.2 Å². The zero-order chi connectivity index (χ0) is 8.77. The molecule has 2 heterocycles. The Bertz CT molecular complexity index is 201. The number of hydrogen-bond acceptors (Lipinski definition) is 4. The van der Waals surface area contributed by atoms with Gasteiger partial charge in [-0.25, -0.2) is 0 Å². The molecule has 4 heteroatoms. The smallest absolute Gasteiger partial charge is 0.163 e. The van der Waals surface area contributed by atoms with Crippen molar-refractivity contribution in [3.63, 3.8) is 0 Å². The van der Waals surface area contributed by atoms with Crippen molar-refractivity contribution in [2.24, 2.45) is 0 Å². The van der Waals surface area contributed by atoms with Crippen molar-refractivity contribution >= 4 is 6.29 Å². The molecule has 0 unspecified atom stereocenters. The predicted molar refractivity (Wildman–Crippen MR) is 39.6 cm³/mol. The SMILES string of the molecule is CC1(C)OC[C@H]([C@@H]2O[C@@H]2C=O)O1. The first-order valence-corrected chi connectivity index (χ1v) is 4.05. The lowest BCUT2D eigenvalue weighted by Crippen LogP contribution is -2.25. The fourth-order valence-corrected chi connectivity index (χ4v) is 1.42. The van der Waals surface area contributed by atoms with Gasteiger partial charge in [0.2, 0.25) is 0 Å². The van der Waals surface area contributed by atoms with Gasteiger partial charge in [-0.2, -0.15) is 0 Å². The second kappa shape index (κ2) is 2.52. The van der Waals surface area contributed by atoms with Crippen molar-refractivity contribution in [3.8, 4) is 0 Å². The zero-order valence-electron chi connectivity index (χ0n) is 7.15. The Labute approximate surface area is 70.8 Å². The van der Waals surface area contributed by atoms with Crippen LogP contribution in [0.3, 0.4) is 0 Å². The summed E-state index contributed by atoms with van der Waals surface area (Å²) in [5.74, 6) is -0.524. The summed E-state index contributed by atoms with van der Waals surface area (Å²) < 4.78 is 15.9. The molecule has 0 aromatic rings. The van der Waals surface area contributed by atoms with E-state index in [9.17, 15) is 4.79 Å². The van der Waals surface area contributed by atoms with Gasteiger partial charge in [0.1, 0.15) is 18.3 Å². The number of hydrogen-bond donors (Lipinski definition) is 0. The van der Waals surface area contributed by atoms with Crippen molar-refractivity contribution in [3.05, 3.63) is 0 Å². The Hall–Kier alpha value is -0.450. The molecule has 0 aromatic heterocycles. The van der Waals surface area contributed by atoms with Crippen LogP contribution in [0.4, 0.5) is 0 Å². The van der Waals surface area contributed by atoms with Crippen molar-refractivity contribution in [1.82, 2.24) is 0 Å². The molecule has 0 bridgehead atoms. The average Bonchev–Trinajstić information content (AvgIpc) is 2.70. The summed E-state index contributed by atoms with van der Waals surface area (Å²) in [5, 5.41) is 0. The van der Waals surface area contributed by atoms with E-state index in [-0.39, 0.29) is 18.3 Å².